The molecule has 0 amide bonds. The van der Waals surface area contributed by atoms with Gasteiger partial charge in [0.15, 0.2) is 0 Å². The van der Waals surface area contributed by atoms with Gasteiger partial charge in [-0.25, -0.2) is 8.78 Å². The average Bonchev–Trinajstić information content (AvgIpc) is 2.89. The van der Waals surface area contributed by atoms with Crippen LogP contribution in [0.3, 0.4) is 0 Å². The summed E-state index contributed by atoms with van der Waals surface area (Å²) in [4.78, 5) is 0. The number of unbranched alkanes of at least 4 members (excludes halogenated alkanes) is 7. The Bertz CT molecular complexity index is 776. The maximum atomic E-state index is 13.7. The van der Waals surface area contributed by atoms with E-state index in [1.807, 2.05) is 0 Å². The molecule has 0 unspecified atom stereocenters. The summed E-state index contributed by atoms with van der Waals surface area (Å²) < 4.78 is 29.5. The van der Waals surface area contributed by atoms with E-state index in [4.69, 9.17) is 0 Å². The van der Waals surface area contributed by atoms with Gasteiger partial charge in [0.05, 0.1) is 11.0 Å². The largest absolute Gasteiger partial charge is 0.340 e. The van der Waals surface area contributed by atoms with Crippen molar-refractivity contribution in [1.82, 2.24) is 4.57 Å². The zero-order valence-electron chi connectivity index (χ0n) is 15.0. The van der Waals surface area contributed by atoms with Gasteiger partial charge in [0.2, 0.25) is 0 Å². The monoisotopic (exact) mass is 343 g/mol. The van der Waals surface area contributed by atoms with Crippen LogP contribution in [0.4, 0.5) is 8.78 Å². The molecule has 0 fully saturated rings. The lowest BCUT2D eigenvalue weighted by atomic mass is 10.1. The zero-order chi connectivity index (χ0) is 17.6. The van der Waals surface area contributed by atoms with Crippen molar-refractivity contribution < 1.29 is 8.78 Å². The number of aromatic nitrogens is 1. The predicted octanol–water partition coefficient (Wildman–Crippen LogP) is 7.21. The Morgan fingerprint density at radius 3 is 1.68 bits per heavy atom. The molecule has 25 heavy (non-hydrogen) atoms. The maximum Gasteiger partial charge on any atom is 0.125 e. The Balaban J connectivity index is 1.71. The molecule has 0 spiro atoms. The molecule has 3 heteroatoms. The first-order valence-electron chi connectivity index (χ1n) is 9.57. The molecule has 0 radical (unpaired) electrons. The molecule has 3 rings (SSSR count). The number of rotatable bonds is 9. The molecule has 0 saturated carbocycles. The molecular formula is C22H27F2N. The molecule has 3 aromatic rings. The van der Waals surface area contributed by atoms with Gasteiger partial charge in [0.1, 0.15) is 11.6 Å². The molecule has 0 aliphatic heterocycles. The lowest BCUT2D eigenvalue weighted by Gasteiger charge is -2.08. The number of hydrogen-bond acceptors (Lipinski definition) is 0. The van der Waals surface area contributed by atoms with Crippen LogP contribution in [0.2, 0.25) is 0 Å². The molecule has 134 valence electrons. The van der Waals surface area contributed by atoms with E-state index in [0.29, 0.717) is 0 Å². The second kappa shape index (κ2) is 8.46. The summed E-state index contributed by atoms with van der Waals surface area (Å²) in [5, 5.41) is 1.99. The van der Waals surface area contributed by atoms with Gasteiger partial charge in [-0.1, -0.05) is 51.9 Å². The van der Waals surface area contributed by atoms with Crippen LogP contribution in [0.5, 0.6) is 0 Å². The molecule has 0 aliphatic rings. The van der Waals surface area contributed by atoms with Crippen molar-refractivity contribution in [1.29, 1.82) is 0 Å². The van der Waals surface area contributed by atoms with Crippen molar-refractivity contribution in [3.63, 3.8) is 0 Å². The van der Waals surface area contributed by atoms with Crippen LogP contribution in [-0.2, 0) is 6.54 Å². The smallest absolute Gasteiger partial charge is 0.125 e. The van der Waals surface area contributed by atoms with E-state index in [1.54, 1.807) is 24.3 Å². The lowest BCUT2D eigenvalue weighted by molar-refractivity contribution is 0.552. The molecule has 1 nitrogen and oxygen atoms in total. The molecular weight excluding hydrogens is 316 g/mol. The zero-order valence-corrected chi connectivity index (χ0v) is 15.0. The first-order chi connectivity index (χ1) is 12.2. The maximum absolute atomic E-state index is 13.7. The van der Waals surface area contributed by atoms with Crippen molar-refractivity contribution in [2.24, 2.45) is 0 Å². The van der Waals surface area contributed by atoms with Gasteiger partial charge in [-0.15, -0.1) is 0 Å². The molecule has 0 saturated heterocycles. The molecule has 0 aliphatic carbocycles. The Morgan fingerprint density at radius 2 is 1.16 bits per heavy atom. The van der Waals surface area contributed by atoms with Crippen molar-refractivity contribution in [2.45, 2.75) is 64.8 Å². The van der Waals surface area contributed by atoms with E-state index in [-0.39, 0.29) is 11.6 Å². The summed E-state index contributed by atoms with van der Waals surface area (Å²) in [6, 6.07) is 9.69. The van der Waals surface area contributed by atoms with E-state index in [2.05, 4.69) is 11.5 Å². The highest BCUT2D eigenvalue weighted by atomic mass is 19.1. The van der Waals surface area contributed by atoms with Gasteiger partial charge in [-0.2, -0.15) is 0 Å². The number of fused-ring (bicyclic) bond motifs is 3. The third kappa shape index (κ3) is 4.20. The van der Waals surface area contributed by atoms with Gasteiger partial charge >= 0.3 is 0 Å². The second-order valence-electron chi connectivity index (χ2n) is 6.95. The summed E-state index contributed by atoms with van der Waals surface area (Å²) in [7, 11) is 0. The topological polar surface area (TPSA) is 4.93 Å². The molecule has 0 N–H and O–H groups in total. The highest BCUT2D eigenvalue weighted by Crippen LogP contribution is 2.30. The molecule has 1 heterocycles. The van der Waals surface area contributed by atoms with Gasteiger partial charge in [-0.05, 0) is 42.8 Å². The van der Waals surface area contributed by atoms with Crippen LogP contribution in [0.15, 0.2) is 36.4 Å². The van der Waals surface area contributed by atoms with Gasteiger partial charge in [-0.3, -0.25) is 0 Å². The fraction of sp³-hybridized carbons (Fsp3) is 0.455. The Hall–Kier alpha value is -1.90. The van der Waals surface area contributed by atoms with E-state index < -0.39 is 0 Å². The van der Waals surface area contributed by atoms with E-state index >= 15 is 0 Å². The van der Waals surface area contributed by atoms with Crippen LogP contribution in [0.25, 0.3) is 21.8 Å². The Morgan fingerprint density at radius 1 is 0.680 bits per heavy atom. The third-order valence-corrected chi connectivity index (χ3v) is 5.03. The van der Waals surface area contributed by atoms with E-state index in [9.17, 15) is 8.78 Å². The van der Waals surface area contributed by atoms with Crippen molar-refractivity contribution >= 4 is 21.8 Å². The molecule has 0 bridgehead atoms. The summed E-state index contributed by atoms with van der Waals surface area (Å²) in [5.41, 5.74) is 1.73. The quantitative estimate of drug-likeness (QED) is 0.362. The number of aryl methyl sites for hydroxylation is 1. The minimum atomic E-state index is -0.243. The van der Waals surface area contributed by atoms with Crippen LogP contribution < -0.4 is 0 Å². The summed E-state index contributed by atoms with van der Waals surface area (Å²) in [5.74, 6) is -0.485. The number of halogens is 2. The van der Waals surface area contributed by atoms with Crippen molar-refractivity contribution in [3.05, 3.63) is 48.0 Å². The minimum absolute atomic E-state index is 0.243. The van der Waals surface area contributed by atoms with Crippen LogP contribution >= 0.6 is 0 Å². The number of nitrogens with zero attached hydrogens (tertiary/aromatic N) is 1. The van der Waals surface area contributed by atoms with Crippen molar-refractivity contribution in [3.8, 4) is 0 Å². The van der Waals surface area contributed by atoms with Gasteiger partial charge < -0.3 is 4.57 Å². The fourth-order valence-electron chi connectivity index (χ4n) is 3.69. The number of benzene rings is 2. The highest BCUT2D eigenvalue weighted by molar-refractivity contribution is 6.08. The fourth-order valence-corrected chi connectivity index (χ4v) is 3.69. The second-order valence-corrected chi connectivity index (χ2v) is 6.95. The Labute approximate surface area is 148 Å². The van der Waals surface area contributed by atoms with Crippen LogP contribution in [-0.4, -0.2) is 4.57 Å². The summed E-state index contributed by atoms with van der Waals surface area (Å²) in [6.07, 6.45) is 10.00. The minimum Gasteiger partial charge on any atom is -0.340 e. The van der Waals surface area contributed by atoms with Crippen molar-refractivity contribution in [2.75, 3.05) is 0 Å². The first-order valence-corrected chi connectivity index (χ1v) is 9.57. The normalized spacial score (nSPS) is 11.6. The first kappa shape index (κ1) is 17.9. The SMILES string of the molecule is CCCCCCCCCCn1c2cc(F)ccc2c2ccc(F)cc21. The standard InChI is InChI=1S/C22H27F2N/c1-2-3-4-5-6-7-8-9-14-25-21-15-17(23)10-12-19(21)20-13-11-18(24)16-22(20)25/h10-13,15-16H,2-9,14H2,1H3. The predicted molar refractivity (Wildman–Crippen MR) is 102 cm³/mol. The van der Waals surface area contributed by atoms with E-state index in [0.717, 1.165) is 41.2 Å². The van der Waals surface area contributed by atoms with Crippen LogP contribution in [0.1, 0.15) is 58.3 Å². The lowest BCUT2D eigenvalue weighted by Crippen LogP contribution is -1.98. The summed E-state index contributed by atoms with van der Waals surface area (Å²) >= 11 is 0. The van der Waals surface area contributed by atoms with Crippen LogP contribution in [0, 0.1) is 11.6 Å². The summed E-state index contributed by atoms with van der Waals surface area (Å²) in [6.45, 7) is 3.04. The number of hydrogen-bond donors (Lipinski definition) is 0. The van der Waals surface area contributed by atoms with Gasteiger partial charge in [0.25, 0.3) is 0 Å². The average molecular weight is 343 g/mol. The molecule has 2 aromatic carbocycles. The highest BCUT2D eigenvalue weighted by Gasteiger charge is 2.12. The van der Waals surface area contributed by atoms with E-state index in [1.165, 1.54) is 50.7 Å². The Kier molecular flexibility index (Phi) is 6.06. The van der Waals surface area contributed by atoms with Gasteiger partial charge in [0, 0.05) is 17.3 Å². The molecule has 1 aromatic heterocycles. The molecule has 0 atom stereocenters. The third-order valence-electron chi connectivity index (χ3n) is 5.03.